The van der Waals surface area contributed by atoms with Gasteiger partial charge in [0.1, 0.15) is 23.0 Å². The molecule has 8 aromatic carbocycles. The highest BCUT2D eigenvalue weighted by Crippen LogP contribution is 2.59. The van der Waals surface area contributed by atoms with Gasteiger partial charge in [-0.05, 0) is 130 Å². The summed E-state index contributed by atoms with van der Waals surface area (Å²) in [5.74, 6) is 1.66. The molecule has 0 saturated heterocycles. The van der Waals surface area contributed by atoms with Crippen molar-refractivity contribution in [3.63, 3.8) is 0 Å². The Hall–Kier alpha value is -8.42. The fourth-order valence-electron chi connectivity index (χ4n) is 11.2. The second-order valence-electron chi connectivity index (χ2n) is 19.9. The van der Waals surface area contributed by atoms with Crippen LogP contribution in [0.5, 0.6) is 23.0 Å². The Labute approximate surface area is 465 Å². The van der Waals surface area contributed by atoms with E-state index in [0.29, 0.717) is 61.5 Å². The number of fused-ring (bicyclic) bond motifs is 12. The molecule has 0 fully saturated rings. The summed E-state index contributed by atoms with van der Waals surface area (Å²) in [6, 6.07) is 50.8. The zero-order valence-corrected chi connectivity index (χ0v) is 44.9. The van der Waals surface area contributed by atoms with Crippen LogP contribution in [0.25, 0.3) is 0 Å². The third kappa shape index (κ3) is 9.53. The summed E-state index contributed by atoms with van der Waals surface area (Å²) < 4.78 is 65.4. The molecule has 0 saturated carbocycles. The number of hydrogen-bond acceptors (Lipinski definition) is 10. The van der Waals surface area contributed by atoms with Gasteiger partial charge in [0.2, 0.25) is 0 Å². The third-order valence-corrected chi connectivity index (χ3v) is 15.4. The van der Waals surface area contributed by atoms with Gasteiger partial charge in [-0.25, -0.2) is 9.59 Å². The second-order valence-corrected chi connectivity index (χ2v) is 20.3. The van der Waals surface area contributed by atoms with Crippen LogP contribution in [0.15, 0.2) is 170 Å². The standard InChI is InChI=1S/C34H33ClN2O3.C31H25F3N2O3.2H2/c1-3-5-19-37(20-6-4-2)24-16-17-27-32(22-24)39-31-18-15-23(36-30-14-10-9-13-29(30)35)21-28(31)34(27)26-12-8-7-11-25(26)33(38)40-34;1-3-36(4-2)22-13-14-25-28(18-22)38-27-15-12-21(35-20-9-7-8-19(16-20)31(32,33)34)17-26(27)30(25)24-11-6-5-10-23(24)29(37)39-30;;/h7-18,21-22,36H,3-6,19-20H2,1-2H3;5-18,35H,3-4H2,1-2H3;2*1H. The molecule has 0 bridgehead atoms. The normalized spacial score (nSPS) is 16.8. The lowest BCUT2D eigenvalue weighted by Crippen LogP contribution is -2.33. The van der Waals surface area contributed by atoms with Gasteiger partial charge < -0.3 is 39.4 Å². The lowest BCUT2D eigenvalue weighted by molar-refractivity contribution is -0.137. The van der Waals surface area contributed by atoms with Crippen LogP contribution >= 0.6 is 11.6 Å². The number of alkyl halides is 3. The van der Waals surface area contributed by atoms with Crippen molar-refractivity contribution in [2.75, 3.05) is 46.6 Å². The minimum atomic E-state index is -4.46. The van der Waals surface area contributed by atoms with E-state index in [-0.39, 0.29) is 14.5 Å². The average molecular weight is 1090 g/mol. The Bertz CT molecular complexity index is 3650. The van der Waals surface area contributed by atoms with E-state index < -0.39 is 28.9 Å². The first-order chi connectivity index (χ1) is 38.3. The number of esters is 2. The minimum absolute atomic E-state index is 0. The highest BCUT2D eigenvalue weighted by atomic mass is 35.5. The number of unbranched alkanes of at least 4 members (excludes halogenated alkanes) is 2. The van der Waals surface area contributed by atoms with Gasteiger partial charge in [-0.2, -0.15) is 13.2 Å². The summed E-state index contributed by atoms with van der Waals surface area (Å²) in [6.07, 6.45) is 0.0673. The van der Waals surface area contributed by atoms with Crippen LogP contribution < -0.4 is 29.9 Å². The lowest BCUT2D eigenvalue weighted by Gasteiger charge is -2.37. The van der Waals surface area contributed by atoms with Gasteiger partial charge in [-0.1, -0.05) is 92.9 Å². The summed E-state index contributed by atoms with van der Waals surface area (Å²) in [5, 5.41) is 7.11. The number of hydrogen-bond donors (Lipinski definition) is 2. The van der Waals surface area contributed by atoms with Crippen LogP contribution in [0.2, 0.25) is 5.02 Å². The summed E-state index contributed by atoms with van der Waals surface area (Å²) in [4.78, 5) is 31.1. The van der Waals surface area contributed by atoms with E-state index in [0.717, 1.165) is 103 Å². The van der Waals surface area contributed by atoms with E-state index in [1.807, 2.05) is 97.1 Å². The molecule has 2 atom stereocenters. The molecule has 0 amide bonds. The molecule has 0 aromatic heterocycles. The van der Waals surface area contributed by atoms with Crippen LogP contribution in [0.1, 0.15) is 116 Å². The van der Waals surface area contributed by atoms with Crippen molar-refractivity contribution in [2.45, 2.75) is 70.8 Å². The Morgan fingerprint density at radius 1 is 0.494 bits per heavy atom. The first-order valence-electron chi connectivity index (χ1n) is 26.8. The number of para-hydroxylation sites is 1. The van der Waals surface area contributed by atoms with Gasteiger partial charge in [0.25, 0.3) is 0 Å². The first-order valence-corrected chi connectivity index (χ1v) is 27.2. The van der Waals surface area contributed by atoms with Gasteiger partial charge >= 0.3 is 18.1 Å². The van der Waals surface area contributed by atoms with Crippen LogP contribution in [0.4, 0.5) is 47.3 Å². The minimum Gasteiger partial charge on any atom is -0.456 e. The maximum absolute atomic E-state index is 13.3. The summed E-state index contributed by atoms with van der Waals surface area (Å²) in [5.41, 5.74) is 6.79. The Balaban J connectivity index is 0.000000191. The van der Waals surface area contributed by atoms with E-state index in [2.05, 4.69) is 66.3 Å². The maximum Gasteiger partial charge on any atom is 0.416 e. The lowest BCUT2D eigenvalue weighted by atomic mass is 9.77. The van der Waals surface area contributed by atoms with E-state index in [1.54, 1.807) is 36.4 Å². The number of rotatable bonds is 14. The topological polar surface area (TPSA) is 102 Å². The van der Waals surface area contributed by atoms with E-state index >= 15 is 0 Å². The Morgan fingerprint density at radius 2 is 0.987 bits per heavy atom. The highest BCUT2D eigenvalue weighted by Gasteiger charge is 2.55. The molecule has 8 aromatic rings. The van der Waals surface area contributed by atoms with Crippen molar-refractivity contribution >= 4 is 57.7 Å². The molecule has 79 heavy (non-hydrogen) atoms. The van der Waals surface area contributed by atoms with Crippen molar-refractivity contribution in [2.24, 2.45) is 0 Å². The van der Waals surface area contributed by atoms with Crippen molar-refractivity contribution in [1.29, 1.82) is 0 Å². The smallest absolute Gasteiger partial charge is 0.416 e. The molecule has 14 heteroatoms. The van der Waals surface area contributed by atoms with Crippen molar-refractivity contribution in [1.82, 2.24) is 0 Å². The molecule has 0 aliphatic carbocycles. The quantitative estimate of drug-likeness (QED) is 0.102. The van der Waals surface area contributed by atoms with Crippen LogP contribution in [0, 0.1) is 0 Å². The molecule has 12 rings (SSSR count). The molecule has 4 heterocycles. The third-order valence-electron chi connectivity index (χ3n) is 15.1. The van der Waals surface area contributed by atoms with Crippen molar-refractivity contribution < 1.29 is 44.6 Å². The van der Waals surface area contributed by atoms with Gasteiger partial charge in [0, 0.05) is 103 Å². The Kier molecular flexibility index (Phi) is 14.3. The molecule has 406 valence electrons. The fourth-order valence-corrected chi connectivity index (χ4v) is 11.4. The number of nitrogens with one attached hydrogen (secondary N) is 2. The molecule has 4 aliphatic rings. The molecule has 2 unspecified atom stereocenters. The molecule has 0 radical (unpaired) electrons. The summed E-state index contributed by atoms with van der Waals surface area (Å²) in [7, 11) is 0. The van der Waals surface area contributed by atoms with E-state index in [4.69, 9.17) is 30.5 Å². The van der Waals surface area contributed by atoms with Gasteiger partial charge in [-0.15, -0.1) is 0 Å². The number of benzene rings is 8. The van der Waals surface area contributed by atoms with Gasteiger partial charge in [-0.3, -0.25) is 0 Å². The molecule has 4 aliphatic heterocycles. The zero-order valence-electron chi connectivity index (χ0n) is 44.2. The monoisotopic (exact) mass is 1090 g/mol. The fraction of sp³-hybridized carbons (Fsp3) is 0.231. The van der Waals surface area contributed by atoms with E-state index in [9.17, 15) is 22.8 Å². The average Bonchev–Trinajstić information content (AvgIpc) is 4.19. The maximum atomic E-state index is 13.3. The summed E-state index contributed by atoms with van der Waals surface area (Å²) >= 11 is 6.43. The van der Waals surface area contributed by atoms with Crippen LogP contribution in [0.3, 0.4) is 0 Å². The number of carbonyl (C=O) groups is 2. The largest absolute Gasteiger partial charge is 0.456 e. The number of carbonyl (C=O) groups excluding carboxylic acids is 2. The molecule has 2 spiro atoms. The molecular formula is C65H62ClF3N4O6. The highest BCUT2D eigenvalue weighted by molar-refractivity contribution is 6.33. The summed E-state index contributed by atoms with van der Waals surface area (Å²) in [6.45, 7) is 12.2. The van der Waals surface area contributed by atoms with Gasteiger partial charge in [0.15, 0.2) is 11.2 Å². The number of ether oxygens (including phenoxy) is 4. The Morgan fingerprint density at radius 3 is 1.51 bits per heavy atom. The molecule has 10 nitrogen and oxygen atoms in total. The van der Waals surface area contributed by atoms with Crippen molar-refractivity contribution in [3.8, 4) is 23.0 Å². The molecule has 2 N–H and O–H groups in total. The van der Waals surface area contributed by atoms with Crippen molar-refractivity contribution in [3.05, 3.63) is 225 Å². The second kappa shape index (κ2) is 21.4. The van der Waals surface area contributed by atoms with Gasteiger partial charge in [0.05, 0.1) is 27.4 Å². The number of nitrogens with zero attached hydrogens (tertiary/aromatic N) is 2. The zero-order chi connectivity index (χ0) is 55.1. The van der Waals surface area contributed by atoms with Crippen LogP contribution in [-0.2, 0) is 26.9 Å². The van der Waals surface area contributed by atoms with Crippen LogP contribution in [-0.4, -0.2) is 38.1 Å². The molecular weight excluding hydrogens is 1030 g/mol. The number of halogens is 4. The SMILES string of the molecule is CCCCN(CCCC)c1ccc2c(c1)Oc1ccc(Nc3ccccc3Cl)cc1C21OC(=O)c2ccccc21.CCN(CC)c1ccc2c(c1)Oc1ccc(Nc3cccc(C(F)(F)F)c3)cc1C21OC(=O)c2ccccc21.[HH].[HH]. The van der Waals surface area contributed by atoms with E-state index in [1.165, 1.54) is 6.07 Å². The predicted octanol–water partition coefficient (Wildman–Crippen LogP) is 17.4. The predicted molar refractivity (Wildman–Crippen MR) is 309 cm³/mol. The number of anilines is 6. The first kappa shape index (κ1) is 52.6.